The van der Waals surface area contributed by atoms with Crippen LogP contribution in [0.15, 0.2) is 35.5 Å². The topological polar surface area (TPSA) is 73.0 Å². The molecule has 0 aliphatic carbocycles. The van der Waals surface area contributed by atoms with Gasteiger partial charge in [-0.3, -0.25) is 4.99 Å². The van der Waals surface area contributed by atoms with Crippen LogP contribution in [-0.2, 0) is 14.3 Å². The van der Waals surface area contributed by atoms with E-state index in [0.29, 0.717) is 34.5 Å². The number of benzene rings is 1. The largest absolute Gasteiger partial charge is 0.464 e. The van der Waals surface area contributed by atoms with Gasteiger partial charge in [-0.05, 0) is 49.4 Å². The third kappa shape index (κ3) is 4.94. The number of aliphatic hydroxyl groups is 1. The number of carbonyl (C=O) groups excluding carboxylic acids is 1. The van der Waals surface area contributed by atoms with Crippen LogP contribution in [0.3, 0.4) is 0 Å². The fourth-order valence-corrected chi connectivity index (χ4v) is 3.73. The zero-order valence-corrected chi connectivity index (χ0v) is 18.2. The molecule has 0 bridgehead atoms. The van der Waals surface area contributed by atoms with Gasteiger partial charge >= 0.3 is 5.97 Å². The Hall–Kier alpha value is -2.77. The molecule has 1 aliphatic rings. The number of carbonyl (C=O) groups is 1. The quantitative estimate of drug-likeness (QED) is 0.544. The summed E-state index contributed by atoms with van der Waals surface area (Å²) in [5.41, 5.74) is 1.31. The number of rotatable bonds is 7. The van der Waals surface area contributed by atoms with Gasteiger partial charge in [0.15, 0.2) is 5.70 Å². The molecule has 3 unspecified atom stereocenters. The minimum Gasteiger partial charge on any atom is -0.464 e. The smallest absolute Gasteiger partial charge is 0.357 e. The van der Waals surface area contributed by atoms with Crippen LogP contribution in [0.2, 0.25) is 0 Å². The first kappa shape index (κ1) is 22.9. The van der Waals surface area contributed by atoms with E-state index in [1.54, 1.807) is 37.5 Å². The van der Waals surface area contributed by atoms with Crippen molar-refractivity contribution in [2.24, 2.45) is 4.99 Å². The van der Waals surface area contributed by atoms with Crippen molar-refractivity contribution in [3.05, 3.63) is 58.0 Å². The third-order valence-corrected chi connectivity index (χ3v) is 5.51. The molecular formula is C24H29FN2O4. The number of hydrogen-bond acceptors (Lipinski definition) is 5. The number of aromatic nitrogens is 1. The maximum Gasteiger partial charge on any atom is 0.357 e. The molecule has 0 radical (unpaired) electrons. The van der Waals surface area contributed by atoms with E-state index in [1.807, 2.05) is 11.5 Å². The van der Waals surface area contributed by atoms with Crippen molar-refractivity contribution < 1.29 is 23.8 Å². The minimum atomic E-state index is -0.858. The lowest BCUT2D eigenvalue weighted by molar-refractivity contribution is -0.134. The van der Waals surface area contributed by atoms with E-state index in [4.69, 9.17) is 9.47 Å². The average molecular weight is 429 g/mol. The molecule has 0 spiro atoms. The van der Waals surface area contributed by atoms with Gasteiger partial charge < -0.3 is 19.1 Å². The summed E-state index contributed by atoms with van der Waals surface area (Å²) in [7, 11) is 1.32. The Morgan fingerprint density at radius 3 is 2.90 bits per heavy atom. The van der Waals surface area contributed by atoms with Gasteiger partial charge in [0.25, 0.3) is 0 Å². The van der Waals surface area contributed by atoms with Gasteiger partial charge in [-0.15, -0.1) is 0 Å². The third-order valence-electron chi connectivity index (χ3n) is 5.51. The lowest BCUT2D eigenvalue weighted by Crippen LogP contribution is -2.33. The SMILES string of the molecule is C=c1/c(=C(\N=CCCC)C(=O)OC)ccn1C1CCC(C(O)c2ccc(F)c(C)c2)O1. The number of nitrogens with zero attached hydrogens (tertiary/aromatic N) is 2. The van der Waals surface area contributed by atoms with Gasteiger partial charge in [-0.2, -0.15) is 0 Å². The lowest BCUT2D eigenvalue weighted by Gasteiger charge is -2.21. The predicted molar refractivity (Wildman–Crippen MR) is 117 cm³/mol. The first-order chi connectivity index (χ1) is 14.9. The second-order valence-corrected chi connectivity index (χ2v) is 7.68. The number of methoxy groups -OCH3 is 1. The maximum absolute atomic E-state index is 13.5. The molecule has 2 heterocycles. The lowest BCUT2D eigenvalue weighted by atomic mass is 10.0. The highest BCUT2D eigenvalue weighted by atomic mass is 19.1. The molecule has 0 saturated carbocycles. The van der Waals surface area contributed by atoms with E-state index in [2.05, 4.69) is 11.6 Å². The summed E-state index contributed by atoms with van der Waals surface area (Å²) < 4.78 is 26.4. The highest BCUT2D eigenvalue weighted by Crippen LogP contribution is 2.34. The molecule has 1 aromatic carbocycles. The second-order valence-electron chi connectivity index (χ2n) is 7.68. The Labute approximate surface area is 181 Å². The van der Waals surface area contributed by atoms with Crippen LogP contribution in [0, 0.1) is 12.7 Å². The van der Waals surface area contributed by atoms with Crippen LogP contribution in [0.4, 0.5) is 4.39 Å². The summed E-state index contributed by atoms with van der Waals surface area (Å²) in [4.78, 5) is 16.5. The molecule has 7 heteroatoms. The monoisotopic (exact) mass is 428 g/mol. The van der Waals surface area contributed by atoms with E-state index in [-0.39, 0.29) is 17.7 Å². The molecule has 3 atom stereocenters. The molecule has 2 aromatic rings. The molecular weight excluding hydrogens is 399 g/mol. The summed E-state index contributed by atoms with van der Waals surface area (Å²) in [5, 5.41) is 11.9. The molecule has 1 N–H and O–H groups in total. The van der Waals surface area contributed by atoms with Crippen LogP contribution < -0.4 is 10.6 Å². The van der Waals surface area contributed by atoms with Crippen LogP contribution in [-0.4, -0.2) is 35.1 Å². The van der Waals surface area contributed by atoms with Gasteiger partial charge in [-0.25, -0.2) is 9.18 Å². The van der Waals surface area contributed by atoms with Crippen molar-refractivity contribution in [1.82, 2.24) is 4.57 Å². The highest BCUT2D eigenvalue weighted by molar-refractivity contribution is 6.10. The molecule has 1 fully saturated rings. The van der Waals surface area contributed by atoms with E-state index in [0.717, 1.165) is 12.8 Å². The van der Waals surface area contributed by atoms with Gasteiger partial charge in [0.05, 0.1) is 13.2 Å². The zero-order valence-electron chi connectivity index (χ0n) is 18.2. The summed E-state index contributed by atoms with van der Waals surface area (Å²) in [6, 6.07) is 6.35. The number of hydrogen-bond donors (Lipinski definition) is 1. The standard InChI is InChI=1S/C24H29FN2O4/c1-5-6-12-26-22(24(29)30-4)18-11-13-27(16(18)3)21-10-9-20(31-21)23(28)17-7-8-19(25)15(2)14-17/h7-8,11-14,20-21,23,28H,3,5-6,9-10H2,1-2,4H3/b22-18-,26-12?. The molecule has 0 amide bonds. The average Bonchev–Trinajstić information content (AvgIpc) is 3.39. The molecule has 3 rings (SSSR count). The first-order valence-electron chi connectivity index (χ1n) is 10.5. The highest BCUT2D eigenvalue weighted by Gasteiger charge is 2.32. The Morgan fingerprint density at radius 2 is 2.23 bits per heavy atom. The van der Waals surface area contributed by atoms with Crippen LogP contribution in [0.1, 0.15) is 56.1 Å². The molecule has 166 valence electrons. The van der Waals surface area contributed by atoms with E-state index in [9.17, 15) is 14.3 Å². The van der Waals surface area contributed by atoms with E-state index in [1.165, 1.54) is 13.2 Å². The number of ether oxygens (including phenoxy) is 2. The Morgan fingerprint density at radius 1 is 1.45 bits per heavy atom. The normalized spacial score (nSPS) is 20.8. The van der Waals surface area contributed by atoms with Gasteiger partial charge in [0.2, 0.25) is 0 Å². The van der Waals surface area contributed by atoms with Crippen molar-refractivity contribution in [2.75, 3.05) is 7.11 Å². The predicted octanol–water partition coefficient (Wildman–Crippen LogP) is 2.91. The summed E-state index contributed by atoms with van der Waals surface area (Å²) in [5.74, 6) is -0.829. The van der Waals surface area contributed by atoms with Crippen LogP contribution >= 0.6 is 0 Å². The zero-order chi connectivity index (χ0) is 22.5. The van der Waals surface area contributed by atoms with E-state index >= 15 is 0 Å². The van der Waals surface area contributed by atoms with Gasteiger partial charge in [0.1, 0.15) is 18.1 Å². The first-order valence-corrected chi connectivity index (χ1v) is 10.5. The fourth-order valence-electron chi connectivity index (χ4n) is 3.73. The molecule has 1 saturated heterocycles. The summed E-state index contributed by atoms with van der Waals surface area (Å²) in [6.07, 6.45) is 4.87. The van der Waals surface area contributed by atoms with Crippen molar-refractivity contribution in [3.8, 4) is 0 Å². The maximum atomic E-state index is 13.5. The van der Waals surface area contributed by atoms with Gasteiger partial charge in [0, 0.05) is 23.0 Å². The number of esters is 1. The van der Waals surface area contributed by atoms with Crippen molar-refractivity contribution in [2.45, 2.75) is 58.0 Å². The van der Waals surface area contributed by atoms with Crippen LogP contribution in [0.5, 0.6) is 0 Å². The Bertz CT molecular complexity index is 1080. The van der Waals surface area contributed by atoms with Crippen molar-refractivity contribution in [3.63, 3.8) is 0 Å². The molecule has 1 aliphatic heterocycles. The number of unbranched alkanes of at least 4 members (excludes halogenated alkanes) is 1. The van der Waals surface area contributed by atoms with Crippen molar-refractivity contribution in [1.29, 1.82) is 0 Å². The van der Waals surface area contributed by atoms with Gasteiger partial charge in [-0.1, -0.05) is 32.1 Å². The van der Waals surface area contributed by atoms with Crippen LogP contribution in [0.25, 0.3) is 12.3 Å². The Kier molecular flexibility index (Phi) is 7.41. The Balaban J connectivity index is 1.85. The van der Waals surface area contributed by atoms with E-state index < -0.39 is 18.2 Å². The summed E-state index contributed by atoms with van der Waals surface area (Å²) in [6.45, 7) is 7.81. The number of aryl methyl sites for hydroxylation is 1. The van der Waals surface area contributed by atoms with Crippen molar-refractivity contribution >= 4 is 24.5 Å². The molecule has 6 nitrogen and oxygen atoms in total. The minimum absolute atomic E-state index is 0.205. The summed E-state index contributed by atoms with van der Waals surface area (Å²) >= 11 is 0. The fraction of sp³-hybridized carbons (Fsp3) is 0.417. The molecule has 1 aromatic heterocycles. The number of halogens is 1. The molecule has 31 heavy (non-hydrogen) atoms. The number of aliphatic imine (C=N–C) groups is 1. The number of aliphatic hydroxyl groups excluding tert-OH is 1. The second kappa shape index (κ2) is 10.0.